The van der Waals surface area contributed by atoms with Crippen LogP contribution in [0.4, 0.5) is 38.2 Å². The molecule has 3 aromatic heterocycles. The summed E-state index contributed by atoms with van der Waals surface area (Å²) in [4.78, 5) is 48.7. The number of rotatable bonds is 6. The Labute approximate surface area is 240 Å². The number of halogens is 6. The number of ether oxygens (including phenoxy) is 1. The van der Waals surface area contributed by atoms with E-state index in [4.69, 9.17) is 4.74 Å². The molecule has 0 saturated carbocycles. The zero-order chi connectivity index (χ0) is 32.7. The number of carbonyl (C=O) groups is 3. The zero-order valence-electron chi connectivity index (χ0n) is 23.9. The molecule has 13 nitrogen and oxygen atoms in total. The van der Waals surface area contributed by atoms with Crippen molar-refractivity contribution in [2.75, 3.05) is 17.2 Å². The summed E-state index contributed by atoms with van der Waals surface area (Å²) < 4.78 is 87.4. The first-order valence-electron chi connectivity index (χ1n) is 12.4. The molecule has 0 aliphatic rings. The van der Waals surface area contributed by atoms with Gasteiger partial charge in [0.05, 0.1) is 6.61 Å². The van der Waals surface area contributed by atoms with E-state index in [1.165, 1.54) is 48.5 Å². The van der Waals surface area contributed by atoms with Crippen LogP contribution in [-0.4, -0.2) is 58.9 Å². The van der Waals surface area contributed by atoms with Crippen LogP contribution in [0.15, 0.2) is 12.1 Å². The second kappa shape index (κ2) is 11.3. The second-order valence-electron chi connectivity index (χ2n) is 11.0. The average molecular weight is 620 g/mol. The Hall–Kier alpha value is -4.58. The molecule has 3 aromatic rings. The fraction of sp³-hybridized carbons (Fsp3) is 0.500. The maximum absolute atomic E-state index is 13.6. The number of amides is 2. The van der Waals surface area contributed by atoms with Crippen LogP contribution in [0.2, 0.25) is 0 Å². The Morgan fingerprint density at radius 2 is 1.19 bits per heavy atom. The minimum Gasteiger partial charge on any atom is -0.462 e. The molecule has 3 rings (SSSR count). The maximum Gasteiger partial charge on any atom is 0.453 e. The number of hydrogen-bond acceptors (Lipinski definition) is 9. The van der Waals surface area contributed by atoms with Crippen molar-refractivity contribution in [1.82, 2.24) is 34.5 Å². The van der Waals surface area contributed by atoms with Gasteiger partial charge in [0.25, 0.3) is 11.6 Å². The van der Waals surface area contributed by atoms with Gasteiger partial charge in [-0.2, -0.15) is 45.7 Å². The van der Waals surface area contributed by atoms with Crippen molar-refractivity contribution in [3.05, 3.63) is 29.3 Å². The number of pyridine rings is 1. The summed E-state index contributed by atoms with van der Waals surface area (Å²) >= 11 is 0. The fourth-order valence-corrected chi connectivity index (χ4v) is 3.00. The summed E-state index contributed by atoms with van der Waals surface area (Å²) in [5, 5.41) is 11.2. The topological polar surface area (TPSA) is 159 Å². The molecular weight excluding hydrogens is 592 g/mol. The van der Waals surface area contributed by atoms with Crippen LogP contribution in [0.25, 0.3) is 11.6 Å². The van der Waals surface area contributed by atoms with Crippen molar-refractivity contribution in [2.24, 2.45) is 10.8 Å². The van der Waals surface area contributed by atoms with Crippen LogP contribution in [0.1, 0.15) is 70.5 Å². The molecule has 0 unspecified atom stereocenters. The number of esters is 1. The Balaban J connectivity index is 2.33. The normalized spacial score (nSPS) is 12.7. The molecule has 234 valence electrons. The molecule has 2 amide bonds. The first kappa shape index (κ1) is 32.9. The van der Waals surface area contributed by atoms with Gasteiger partial charge in [-0.15, -0.1) is 10.2 Å². The van der Waals surface area contributed by atoms with Crippen molar-refractivity contribution < 1.29 is 45.5 Å². The largest absolute Gasteiger partial charge is 0.462 e. The van der Waals surface area contributed by atoms with Crippen LogP contribution in [0.5, 0.6) is 0 Å². The number of aromatic nitrogens is 7. The van der Waals surface area contributed by atoms with Gasteiger partial charge in [-0.3, -0.25) is 20.2 Å². The minimum absolute atomic E-state index is 0.167. The third kappa shape index (κ3) is 7.44. The predicted molar refractivity (Wildman–Crippen MR) is 136 cm³/mol. The standard InChI is InChI=1S/C24H27F6N9O4/c1-8-43-14(40)11-9-10-12(38-19(34-17(41)21(2,3)4)32-15(36-38)23(25,26)27)31-13(11)39-20(35-18(42)22(5,6)7)33-16(37-39)24(28,29)30/h9-10H,8H2,1-7H3,(H,32,34,36,41)(H,33,35,37,42). The van der Waals surface area contributed by atoms with Crippen LogP contribution in [0, 0.1) is 10.8 Å². The van der Waals surface area contributed by atoms with Gasteiger partial charge < -0.3 is 4.74 Å². The fourth-order valence-electron chi connectivity index (χ4n) is 3.00. The molecular formula is C24H27F6N9O4. The lowest BCUT2D eigenvalue weighted by molar-refractivity contribution is -0.145. The van der Waals surface area contributed by atoms with Gasteiger partial charge >= 0.3 is 18.3 Å². The smallest absolute Gasteiger partial charge is 0.453 e. The second-order valence-corrected chi connectivity index (χ2v) is 11.0. The third-order valence-electron chi connectivity index (χ3n) is 5.31. The van der Waals surface area contributed by atoms with Gasteiger partial charge in [-0.05, 0) is 19.1 Å². The van der Waals surface area contributed by atoms with Crippen molar-refractivity contribution >= 4 is 29.7 Å². The molecule has 0 aromatic carbocycles. The highest BCUT2D eigenvalue weighted by Crippen LogP contribution is 2.32. The summed E-state index contributed by atoms with van der Waals surface area (Å²) in [7, 11) is 0. The van der Waals surface area contributed by atoms with E-state index >= 15 is 0 Å². The predicted octanol–water partition coefficient (Wildman–Crippen LogP) is 4.43. The minimum atomic E-state index is -5.12. The Bertz CT molecular complexity index is 1550. The summed E-state index contributed by atoms with van der Waals surface area (Å²) in [5.41, 5.74) is -2.70. The molecule has 0 saturated heterocycles. The van der Waals surface area contributed by atoms with Crippen molar-refractivity contribution in [3.63, 3.8) is 0 Å². The van der Waals surface area contributed by atoms with Crippen LogP contribution >= 0.6 is 0 Å². The molecule has 0 bridgehead atoms. The first-order valence-corrected chi connectivity index (χ1v) is 12.4. The van der Waals surface area contributed by atoms with Crippen LogP contribution < -0.4 is 10.6 Å². The molecule has 19 heteroatoms. The highest BCUT2D eigenvalue weighted by molar-refractivity contribution is 5.95. The Morgan fingerprint density at radius 1 is 0.744 bits per heavy atom. The Kier molecular flexibility index (Phi) is 8.62. The number of anilines is 2. The molecule has 0 radical (unpaired) electrons. The summed E-state index contributed by atoms with van der Waals surface area (Å²) in [6.45, 7) is 10.1. The van der Waals surface area contributed by atoms with E-state index < -0.39 is 81.7 Å². The molecule has 0 aliphatic carbocycles. The van der Waals surface area contributed by atoms with Gasteiger partial charge in [-0.25, -0.2) is 9.78 Å². The average Bonchev–Trinajstić information content (AvgIpc) is 3.47. The zero-order valence-corrected chi connectivity index (χ0v) is 23.9. The number of nitrogens with zero attached hydrogens (tertiary/aromatic N) is 7. The number of hydrogen-bond donors (Lipinski definition) is 2. The van der Waals surface area contributed by atoms with Gasteiger partial charge in [0.15, 0.2) is 11.6 Å². The van der Waals surface area contributed by atoms with E-state index in [9.17, 15) is 40.7 Å². The molecule has 3 heterocycles. The van der Waals surface area contributed by atoms with E-state index in [1.54, 1.807) is 0 Å². The highest BCUT2D eigenvalue weighted by atomic mass is 19.4. The molecule has 0 aliphatic heterocycles. The van der Waals surface area contributed by atoms with Gasteiger partial charge in [0.2, 0.25) is 23.7 Å². The maximum atomic E-state index is 13.6. The van der Waals surface area contributed by atoms with Crippen molar-refractivity contribution in [3.8, 4) is 11.6 Å². The van der Waals surface area contributed by atoms with Gasteiger partial charge in [0, 0.05) is 10.8 Å². The molecule has 43 heavy (non-hydrogen) atoms. The van der Waals surface area contributed by atoms with Crippen LogP contribution in [-0.2, 0) is 26.7 Å². The quantitative estimate of drug-likeness (QED) is 0.301. The molecule has 0 spiro atoms. The molecule has 0 atom stereocenters. The van der Waals surface area contributed by atoms with Crippen molar-refractivity contribution in [2.45, 2.75) is 60.8 Å². The van der Waals surface area contributed by atoms with E-state index in [-0.39, 0.29) is 6.61 Å². The lowest BCUT2D eigenvalue weighted by Crippen LogP contribution is -2.29. The van der Waals surface area contributed by atoms with Gasteiger partial charge in [-0.1, -0.05) is 41.5 Å². The molecule has 2 N–H and O–H groups in total. The lowest BCUT2D eigenvalue weighted by Gasteiger charge is -2.18. The number of nitrogens with one attached hydrogen (secondary N) is 2. The number of carbonyl (C=O) groups excluding carboxylic acids is 3. The molecule has 0 fully saturated rings. The summed E-state index contributed by atoms with van der Waals surface area (Å²) in [6, 6.07) is 1.97. The van der Waals surface area contributed by atoms with E-state index in [0.29, 0.717) is 9.36 Å². The first-order chi connectivity index (χ1) is 19.5. The number of alkyl halides is 6. The van der Waals surface area contributed by atoms with E-state index in [0.717, 1.165) is 12.1 Å². The third-order valence-corrected chi connectivity index (χ3v) is 5.31. The highest BCUT2D eigenvalue weighted by Gasteiger charge is 2.40. The van der Waals surface area contributed by atoms with E-state index in [1.807, 2.05) is 0 Å². The van der Waals surface area contributed by atoms with E-state index in [2.05, 4.69) is 35.8 Å². The van der Waals surface area contributed by atoms with Gasteiger partial charge in [0.1, 0.15) is 5.56 Å². The SMILES string of the molecule is CCOC(=O)c1ccc(-n2nc(C(F)(F)F)nc2NC(=O)C(C)(C)C)nc1-n1nc(C(F)(F)F)nc1NC(=O)C(C)(C)C. The lowest BCUT2D eigenvalue weighted by atomic mass is 9.96. The monoisotopic (exact) mass is 619 g/mol. The summed E-state index contributed by atoms with van der Waals surface area (Å²) in [6.07, 6.45) is -10.2. The summed E-state index contributed by atoms with van der Waals surface area (Å²) in [5.74, 6) is -8.83. The van der Waals surface area contributed by atoms with Crippen molar-refractivity contribution in [1.29, 1.82) is 0 Å². The van der Waals surface area contributed by atoms with Crippen LogP contribution in [0.3, 0.4) is 0 Å². The Morgan fingerprint density at radius 3 is 1.60 bits per heavy atom.